The van der Waals surface area contributed by atoms with Gasteiger partial charge in [-0.2, -0.15) is 0 Å². The highest BCUT2D eigenvalue weighted by Crippen LogP contribution is 2.22. The Hall–Kier alpha value is -4.24. The molecule has 0 aliphatic heterocycles. The third-order valence-electron chi connectivity index (χ3n) is 5.13. The van der Waals surface area contributed by atoms with E-state index in [4.69, 9.17) is 36.4 Å². The molecule has 3 aromatic rings. The molecule has 3 aromatic carbocycles. The standard InChI is InChI=1S/C14H17N.C6H8N2O2S.C6H8O7.C2H6O/c1-2-3-11-15-14-10-6-8-12-7-4-5-9-13(12)14;7-5-1-3-6(4-2-5)11(8,9)10;7-3(8)1-6(13,5(11)12)2-4(9)10;1-2-3/h4-10,15H,2-3,11H2,1H3;1-4H,7H2,(H2,8,9,10);13H,1-2H2,(H,7,8)(H,9,10)(H,11,12);3H,2H2,1H3. The number of fused-ring (bicyclic) bond motifs is 1. The molecule has 0 saturated carbocycles. The fraction of sp³-hybridized carbons (Fsp3) is 0.321. The summed E-state index contributed by atoms with van der Waals surface area (Å²) in [6, 6.07) is 20.6. The summed E-state index contributed by atoms with van der Waals surface area (Å²) in [5.41, 5.74) is 4.36. The van der Waals surface area contributed by atoms with Gasteiger partial charge in [-0.3, -0.25) is 9.59 Å². The van der Waals surface area contributed by atoms with Gasteiger partial charge in [0.05, 0.1) is 17.7 Å². The van der Waals surface area contributed by atoms with Crippen LogP contribution in [0.4, 0.5) is 11.4 Å². The molecule has 0 fully saturated rings. The molecule has 0 heterocycles. The van der Waals surface area contributed by atoms with Crippen LogP contribution in [0.5, 0.6) is 0 Å². The number of primary sulfonamides is 1. The van der Waals surface area contributed by atoms with Gasteiger partial charge in [-0.1, -0.05) is 49.7 Å². The lowest BCUT2D eigenvalue weighted by Gasteiger charge is -2.18. The van der Waals surface area contributed by atoms with Crippen molar-refractivity contribution in [1.29, 1.82) is 0 Å². The number of benzene rings is 3. The van der Waals surface area contributed by atoms with Crippen molar-refractivity contribution < 1.29 is 48.3 Å². The lowest BCUT2D eigenvalue weighted by atomic mass is 9.96. The summed E-state index contributed by atoms with van der Waals surface area (Å²) < 4.78 is 21.4. The van der Waals surface area contributed by atoms with Crippen molar-refractivity contribution in [3.8, 4) is 0 Å². The fourth-order valence-corrected chi connectivity index (χ4v) is 3.67. The number of nitrogens with two attached hydrogens (primary N) is 2. The van der Waals surface area contributed by atoms with E-state index in [0.717, 1.165) is 6.54 Å². The van der Waals surface area contributed by atoms with Gasteiger partial charge in [-0.15, -0.1) is 0 Å². The van der Waals surface area contributed by atoms with Crippen molar-refractivity contribution in [2.45, 2.75) is 50.0 Å². The van der Waals surface area contributed by atoms with Crippen LogP contribution >= 0.6 is 0 Å². The molecule has 0 atom stereocenters. The molecule has 10 N–H and O–H groups in total. The lowest BCUT2D eigenvalue weighted by molar-refractivity contribution is -0.170. The summed E-state index contributed by atoms with van der Waals surface area (Å²) in [6.07, 6.45) is 0.171. The largest absolute Gasteiger partial charge is 0.481 e. The van der Waals surface area contributed by atoms with E-state index in [-0.39, 0.29) is 11.5 Å². The van der Waals surface area contributed by atoms with E-state index in [1.807, 2.05) is 0 Å². The van der Waals surface area contributed by atoms with Crippen LogP contribution in [0.3, 0.4) is 0 Å². The predicted octanol–water partition coefficient (Wildman–Crippen LogP) is 2.72. The van der Waals surface area contributed by atoms with Crippen molar-refractivity contribution in [3.63, 3.8) is 0 Å². The van der Waals surface area contributed by atoms with E-state index in [0.29, 0.717) is 5.69 Å². The van der Waals surface area contributed by atoms with Crippen molar-refractivity contribution in [2.24, 2.45) is 5.14 Å². The number of hydrogen-bond donors (Lipinski definition) is 8. The second-order valence-electron chi connectivity index (χ2n) is 8.72. The van der Waals surface area contributed by atoms with Gasteiger partial charge in [0.2, 0.25) is 10.0 Å². The highest BCUT2D eigenvalue weighted by atomic mass is 32.2. The zero-order valence-electron chi connectivity index (χ0n) is 23.4. The van der Waals surface area contributed by atoms with E-state index >= 15 is 0 Å². The van der Waals surface area contributed by atoms with E-state index in [1.165, 1.54) is 53.6 Å². The highest BCUT2D eigenvalue weighted by molar-refractivity contribution is 7.89. The zero-order chi connectivity index (χ0) is 32.3. The Morgan fingerprint density at radius 3 is 1.81 bits per heavy atom. The smallest absolute Gasteiger partial charge is 0.336 e. The van der Waals surface area contributed by atoms with Crippen LogP contribution in [0.25, 0.3) is 10.8 Å². The van der Waals surface area contributed by atoms with Gasteiger partial charge < -0.3 is 36.6 Å². The molecule has 14 heteroatoms. The summed E-state index contributed by atoms with van der Waals surface area (Å²) >= 11 is 0. The van der Waals surface area contributed by atoms with Crippen LogP contribution in [-0.2, 0) is 24.4 Å². The SMILES string of the molecule is CCCCNc1cccc2ccccc12.CCO.Nc1ccc(S(N)(=O)=O)cc1.O=C(O)CC(O)(CC(=O)O)C(=O)O. The van der Waals surface area contributed by atoms with Gasteiger partial charge in [0.25, 0.3) is 0 Å². The first-order valence-corrected chi connectivity index (χ1v) is 14.3. The maximum atomic E-state index is 10.7. The Bertz CT molecular complexity index is 1360. The minimum atomic E-state index is -3.58. The molecule has 0 spiro atoms. The van der Waals surface area contributed by atoms with Gasteiger partial charge in [0.15, 0.2) is 5.60 Å². The van der Waals surface area contributed by atoms with Crippen molar-refractivity contribution in [3.05, 3.63) is 66.7 Å². The second kappa shape index (κ2) is 19.0. The van der Waals surface area contributed by atoms with Crippen LogP contribution in [-0.4, -0.2) is 70.6 Å². The van der Waals surface area contributed by atoms with E-state index in [9.17, 15) is 22.8 Å². The first-order chi connectivity index (χ1) is 19.6. The first kappa shape index (κ1) is 37.8. The average molecular weight is 610 g/mol. The molecule has 232 valence electrons. The molecule has 0 bridgehead atoms. The van der Waals surface area contributed by atoms with Gasteiger partial charge in [-0.05, 0) is 49.1 Å². The van der Waals surface area contributed by atoms with Gasteiger partial charge in [0, 0.05) is 29.9 Å². The predicted molar refractivity (Wildman–Crippen MR) is 159 cm³/mol. The summed E-state index contributed by atoms with van der Waals surface area (Å²) in [7, 11) is -3.58. The molecule has 0 aliphatic rings. The highest BCUT2D eigenvalue weighted by Gasteiger charge is 2.40. The molecule has 0 aliphatic carbocycles. The Balaban J connectivity index is 0.000000579. The minimum Gasteiger partial charge on any atom is -0.481 e. The number of anilines is 2. The number of aliphatic hydroxyl groups excluding tert-OH is 1. The number of aliphatic hydroxyl groups is 2. The molecule has 0 aromatic heterocycles. The number of hydrogen-bond acceptors (Lipinski definition) is 9. The van der Waals surface area contributed by atoms with E-state index in [1.54, 1.807) is 6.92 Å². The molecule has 0 saturated heterocycles. The second-order valence-corrected chi connectivity index (χ2v) is 10.3. The van der Waals surface area contributed by atoms with Crippen LogP contribution in [0.15, 0.2) is 71.6 Å². The van der Waals surface area contributed by atoms with Crippen LogP contribution in [0.2, 0.25) is 0 Å². The number of aliphatic carboxylic acids is 3. The Morgan fingerprint density at radius 1 is 0.857 bits per heavy atom. The molecule has 0 amide bonds. The first-order valence-electron chi connectivity index (χ1n) is 12.7. The number of carbonyl (C=O) groups is 3. The Morgan fingerprint density at radius 2 is 1.36 bits per heavy atom. The van der Waals surface area contributed by atoms with E-state index in [2.05, 4.69) is 54.7 Å². The fourth-order valence-electron chi connectivity index (χ4n) is 3.15. The normalized spacial score (nSPS) is 10.5. The summed E-state index contributed by atoms with van der Waals surface area (Å²) in [4.78, 5) is 30.6. The number of unbranched alkanes of at least 4 members (excludes halogenated alkanes) is 1. The minimum absolute atomic E-state index is 0.0756. The van der Waals surface area contributed by atoms with Gasteiger partial charge in [0.1, 0.15) is 0 Å². The van der Waals surface area contributed by atoms with Crippen LogP contribution < -0.4 is 16.2 Å². The number of rotatable bonds is 10. The third kappa shape index (κ3) is 14.9. The quantitative estimate of drug-likeness (QED) is 0.122. The summed E-state index contributed by atoms with van der Waals surface area (Å²) in [6.45, 7) is 5.20. The van der Waals surface area contributed by atoms with Crippen molar-refractivity contribution in [2.75, 3.05) is 24.2 Å². The molecular weight excluding hydrogens is 570 g/mol. The maximum absolute atomic E-state index is 10.7. The number of nitrogen functional groups attached to an aromatic ring is 1. The lowest BCUT2D eigenvalue weighted by Crippen LogP contribution is -2.42. The number of sulfonamides is 1. The van der Waals surface area contributed by atoms with E-state index < -0.39 is 46.4 Å². The van der Waals surface area contributed by atoms with Crippen molar-refractivity contribution in [1.82, 2.24) is 0 Å². The monoisotopic (exact) mass is 609 g/mol. The summed E-state index contributed by atoms with van der Waals surface area (Å²) in [5.74, 6) is -5.02. The van der Waals surface area contributed by atoms with Crippen molar-refractivity contribution >= 4 is 50.1 Å². The summed E-state index contributed by atoms with van der Waals surface area (Å²) in [5, 5.41) is 52.3. The molecule has 13 nitrogen and oxygen atoms in total. The molecule has 0 radical (unpaired) electrons. The van der Waals surface area contributed by atoms with Gasteiger partial charge >= 0.3 is 17.9 Å². The topological polar surface area (TPSA) is 251 Å². The molecule has 42 heavy (non-hydrogen) atoms. The molecule has 0 unspecified atom stereocenters. The van der Waals surface area contributed by atoms with Gasteiger partial charge in [-0.25, -0.2) is 18.4 Å². The van der Waals surface area contributed by atoms with Crippen LogP contribution in [0.1, 0.15) is 39.5 Å². The number of nitrogens with one attached hydrogen (secondary N) is 1. The Labute approximate surface area is 244 Å². The van der Waals surface area contributed by atoms with Crippen LogP contribution in [0, 0.1) is 0 Å². The third-order valence-corrected chi connectivity index (χ3v) is 6.06. The zero-order valence-corrected chi connectivity index (χ0v) is 24.3. The Kier molecular flexibility index (Phi) is 17.1. The number of carboxylic acids is 3. The number of carboxylic acid groups (broad SMARTS) is 3. The average Bonchev–Trinajstić information content (AvgIpc) is 2.89. The maximum Gasteiger partial charge on any atom is 0.336 e. The molecule has 3 rings (SSSR count). The molecular formula is C28H39N3O10S.